The van der Waals surface area contributed by atoms with E-state index in [0.29, 0.717) is 52.3 Å². The number of nitrogens with zero attached hydrogens (tertiary/aromatic N) is 2. The van der Waals surface area contributed by atoms with E-state index >= 15 is 0 Å². The maximum atomic E-state index is 13.3. The lowest BCUT2D eigenvalue weighted by Gasteiger charge is -2.36. The van der Waals surface area contributed by atoms with Gasteiger partial charge in [0.1, 0.15) is 6.04 Å². The number of carbonyl (C=O) groups is 3. The van der Waals surface area contributed by atoms with E-state index in [1.165, 1.54) is 6.26 Å². The van der Waals surface area contributed by atoms with Gasteiger partial charge in [0.25, 0.3) is 5.91 Å². The zero-order valence-electron chi connectivity index (χ0n) is 19.0. The van der Waals surface area contributed by atoms with Crippen LogP contribution in [-0.4, -0.2) is 86.5 Å². The molecule has 0 saturated carbocycles. The summed E-state index contributed by atoms with van der Waals surface area (Å²) >= 11 is 0. The molecule has 1 atom stereocenters. The van der Waals surface area contributed by atoms with Gasteiger partial charge >= 0.3 is 0 Å². The monoisotopic (exact) mass is 456 g/mol. The van der Waals surface area contributed by atoms with E-state index in [1.807, 2.05) is 35.2 Å². The first-order valence-corrected chi connectivity index (χ1v) is 11.2. The van der Waals surface area contributed by atoms with Gasteiger partial charge in [0.05, 0.1) is 12.8 Å². The molecule has 1 unspecified atom stereocenters. The molecular weight excluding hydrogens is 424 g/mol. The minimum Gasteiger partial charge on any atom is -0.459 e. The highest BCUT2D eigenvalue weighted by Gasteiger charge is 2.30. The van der Waals surface area contributed by atoms with Crippen LogP contribution in [0.2, 0.25) is 0 Å². The maximum absolute atomic E-state index is 13.3. The van der Waals surface area contributed by atoms with Crippen molar-refractivity contribution < 1.29 is 23.5 Å². The van der Waals surface area contributed by atoms with Crippen LogP contribution in [0.25, 0.3) is 0 Å². The van der Waals surface area contributed by atoms with Gasteiger partial charge in [-0.05, 0) is 24.1 Å². The highest BCUT2D eigenvalue weighted by molar-refractivity contribution is 5.95. The lowest BCUT2D eigenvalue weighted by molar-refractivity contribution is -0.135. The van der Waals surface area contributed by atoms with Crippen molar-refractivity contribution in [3.05, 3.63) is 60.1 Å². The molecule has 2 heterocycles. The third-order valence-corrected chi connectivity index (χ3v) is 5.53. The Hall–Kier alpha value is -3.17. The number of hydrogen-bond donors (Lipinski definition) is 2. The summed E-state index contributed by atoms with van der Waals surface area (Å²) < 4.78 is 10.2. The molecule has 2 aromatic rings. The Kier molecular flexibility index (Phi) is 9.46. The molecule has 1 aliphatic rings. The molecule has 1 aromatic carbocycles. The molecule has 0 spiro atoms. The van der Waals surface area contributed by atoms with Gasteiger partial charge in [-0.2, -0.15) is 0 Å². The van der Waals surface area contributed by atoms with Gasteiger partial charge in [-0.1, -0.05) is 30.3 Å². The lowest BCUT2D eigenvalue weighted by Crippen LogP contribution is -2.56. The van der Waals surface area contributed by atoms with Crippen LogP contribution >= 0.6 is 0 Å². The van der Waals surface area contributed by atoms with Gasteiger partial charge < -0.3 is 24.7 Å². The average molecular weight is 457 g/mol. The molecule has 1 aromatic heterocycles. The fourth-order valence-corrected chi connectivity index (χ4v) is 3.74. The molecule has 0 radical (unpaired) electrons. The molecule has 1 fully saturated rings. The first kappa shape index (κ1) is 24.5. The third kappa shape index (κ3) is 7.73. The summed E-state index contributed by atoms with van der Waals surface area (Å²) in [6.45, 7) is 3.69. The quantitative estimate of drug-likeness (QED) is 0.488. The first-order chi connectivity index (χ1) is 16.1. The topological polar surface area (TPSA) is 104 Å². The Bertz CT molecular complexity index is 880. The summed E-state index contributed by atoms with van der Waals surface area (Å²) in [5.74, 6) is -0.416. The Balaban J connectivity index is 1.54. The van der Waals surface area contributed by atoms with Crippen LogP contribution in [0.5, 0.6) is 0 Å². The van der Waals surface area contributed by atoms with E-state index in [9.17, 15) is 14.4 Å². The van der Waals surface area contributed by atoms with Gasteiger partial charge in [-0.25, -0.2) is 0 Å². The fourth-order valence-electron chi connectivity index (χ4n) is 3.74. The number of nitrogens with one attached hydrogen (secondary N) is 2. The Morgan fingerprint density at radius 3 is 2.48 bits per heavy atom. The van der Waals surface area contributed by atoms with Crippen molar-refractivity contribution in [3.8, 4) is 0 Å². The van der Waals surface area contributed by atoms with Gasteiger partial charge in [0.2, 0.25) is 11.8 Å². The Morgan fingerprint density at radius 1 is 1.06 bits per heavy atom. The van der Waals surface area contributed by atoms with E-state index in [-0.39, 0.29) is 17.6 Å². The molecule has 9 heteroatoms. The van der Waals surface area contributed by atoms with E-state index < -0.39 is 11.9 Å². The smallest absolute Gasteiger partial charge is 0.287 e. The average Bonchev–Trinajstić information content (AvgIpc) is 3.37. The summed E-state index contributed by atoms with van der Waals surface area (Å²) in [5.41, 5.74) is 0.958. The fraction of sp³-hybridized carbons (Fsp3) is 0.458. The number of amides is 3. The van der Waals surface area contributed by atoms with E-state index in [1.54, 1.807) is 24.1 Å². The number of rotatable bonds is 11. The van der Waals surface area contributed by atoms with Crippen molar-refractivity contribution in [1.29, 1.82) is 0 Å². The standard InChI is InChI=1S/C24H32N4O5/c1-32-15-6-10-25-22(29)18-27-11-13-28(14-12-27)24(31)20(17-19-7-3-2-4-8-19)26-23(30)21-9-5-16-33-21/h2-5,7-9,16,20H,6,10-15,17-18H2,1H3,(H,25,29)(H,26,30). The molecule has 0 aliphatic carbocycles. The van der Waals surface area contributed by atoms with Crippen molar-refractivity contribution in [1.82, 2.24) is 20.4 Å². The molecule has 1 aliphatic heterocycles. The van der Waals surface area contributed by atoms with Crippen LogP contribution in [-0.2, 0) is 20.7 Å². The zero-order chi connectivity index (χ0) is 23.5. The Labute approximate surface area is 194 Å². The van der Waals surface area contributed by atoms with Gasteiger partial charge in [0, 0.05) is 52.9 Å². The summed E-state index contributed by atoms with van der Waals surface area (Å²) in [6.07, 6.45) is 2.59. The van der Waals surface area contributed by atoms with Crippen molar-refractivity contribution >= 4 is 17.7 Å². The molecule has 0 bridgehead atoms. The summed E-state index contributed by atoms with van der Waals surface area (Å²) in [5, 5.41) is 5.71. The van der Waals surface area contributed by atoms with Crippen LogP contribution in [0.15, 0.2) is 53.1 Å². The summed E-state index contributed by atoms with van der Waals surface area (Å²) in [4.78, 5) is 41.8. The Morgan fingerprint density at radius 2 is 1.82 bits per heavy atom. The van der Waals surface area contributed by atoms with Gasteiger partial charge in [-0.15, -0.1) is 0 Å². The highest BCUT2D eigenvalue weighted by atomic mass is 16.5. The molecule has 3 amide bonds. The van der Waals surface area contributed by atoms with Crippen molar-refractivity contribution in [2.75, 3.05) is 53.0 Å². The molecular formula is C24H32N4O5. The second-order valence-electron chi connectivity index (χ2n) is 7.99. The predicted molar refractivity (Wildman–Crippen MR) is 123 cm³/mol. The van der Waals surface area contributed by atoms with Crippen molar-refractivity contribution in [2.45, 2.75) is 18.9 Å². The van der Waals surface area contributed by atoms with Crippen LogP contribution in [0, 0.1) is 0 Å². The van der Waals surface area contributed by atoms with Crippen LogP contribution in [0.1, 0.15) is 22.5 Å². The second kappa shape index (κ2) is 12.8. The highest BCUT2D eigenvalue weighted by Crippen LogP contribution is 2.11. The van der Waals surface area contributed by atoms with E-state index in [0.717, 1.165) is 12.0 Å². The number of methoxy groups -OCH3 is 1. The predicted octanol–water partition coefficient (Wildman–Crippen LogP) is 0.918. The molecule has 33 heavy (non-hydrogen) atoms. The van der Waals surface area contributed by atoms with Crippen molar-refractivity contribution in [2.24, 2.45) is 0 Å². The summed E-state index contributed by atoms with van der Waals surface area (Å²) in [6, 6.07) is 12.1. The van der Waals surface area contributed by atoms with Crippen LogP contribution < -0.4 is 10.6 Å². The number of furan rings is 1. The normalized spacial score (nSPS) is 15.1. The van der Waals surface area contributed by atoms with Crippen LogP contribution in [0.4, 0.5) is 0 Å². The number of piperazine rings is 1. The number of carbonyl (C=O) groups excluding carboxylic acids is 3. The van der Waals surface area contributed by atoms with Crippen LogP contribution in [0.3, 0.4) is 0 Å². The van der Waals surface area contributed by atoms with Crippen molar-refractivity contribution in [3.63, 3.8) is 0 Å². The molecule has 2 N–H and O–H groups in total. The van der Waals surface area contributed by atoms with E-state index in [2.05, 4.69) is 10.6 Å². The van der Waals surface area contributed by atoms with Gasteiger partial charge in [-0.3, -0.25) is 19.3 Å². The third-order valence-electron chi connectivity index (χ3n) is 5.53. The molecule has 178 valence electrons. The maximum Gasteiger partial charge on any atom is 0.287 e. The lowest BCUT2D eigenvalue weighted by atomic mass is 10.0. The first-order valence-electron chi connectivity index (χ1n) is 11.2. The number of ether oxygens (including phenoxy) is 1. The number of benzene rings is 1. The minimum atomic E-state index is -0.708. The van der Waals surface area contributed by atoms with Gasteiger partial charge in [0.15, 0.2) is 5.76 Å². The number of hydrogen-bond acceptors (Lipinski definition) is 6. The largest absolute Gasteiger partial charge is 0.459 e. The SMILES string of the molecule is COCCCNC(=O)CN1CCN(C(=O)C(Cc2ccccc2)NC(=O)c2ccco2)CC1. The zero-order valence-corrected chi connectivity index (χ0v) is 19.0. The molecule has 3 rings (SSSR count). The van der Waals surface area contributed by atoms with E-state index in [4.69, 9.17) is 9.15 Å². The second-order valence-corrected chi connectivity index (χ2v) is 7.99. The molecule has 1 saturated heterocycles. The minimum absolute atomic E-state index is 0.0291. The summed E-state index contributed by atoms with van der Waals surface area (Å²) in [7, 11) is 1.63. The molecule has 9 nitrogen and oxygen atoms in total.